The molecule has 0 bridgehead atoms. The third kappa shape index (κ3) is 8.07. The fourth-order valence-electron chi connectivity index (χ4n) is 4.34. The minimum Gasteiger partial charge on any atom is -0.507 e. The lowest BCUT2D eigenvalue weighted by molar-refractivity contribution is 0.327. The van der Waals surface area contributed by atoms with Gasteiger partial charge in [0.1, 0.15) is 11.5 Å². The van der Waals surface area contributed by atoms with E-state index in [1.54, 1.807) is 0 Å². The maximum absolute atomic E-state index is 11.1. The third-order valence-corrected chi connectivity index (χ3v) is 6.96. The first-order valence-electron chi connectivity index (χ1n) is 13.6. The zero-order valence-corrected chi connectivity index (χ0v) is 25.8. The number of aromatic hydroxyl groups is 2. The van der Waals surface area contributed by atoms with Gasteiger partial charge in [-0.3, -0.25) is 4.99 Å². The maximum Gasteiger partial charge on any atom is 0.128 e. The van der Waals surface area contributed by atoms with E-state index in [2.05, 4.69) is 124 Å². The summed E-state index contributed by atoms with van der Waals surface area (Å²) in [6, 6.07) is 8.49. The van der Waals surface area contributed by atoms with Crippen LogP contribution in [0.2, 0.25) is 0 Å². The molecule has 206 valence electrons. The number of hydrogen-bond acceptors (Lipinski definition) is 4. The SMILES string of the molecule is CN(CCN=Cc1cc(C(C)(C)C)cc(C(C)(C)C)c1O)Cc1cc(C(C)(C)C)cc(C(C)(C)C)c1O. The van der Waals surface area contributed by atoms with Crippen molar-refractivity contribution >= 4 is 6.21 Å². The number of aliphatic imine (C=N–C) groups is 1. The molecule has 0 saturated carbocycles. The van der Waals surface area contributed by atoms with Crippen LogP contribution in [0.3, 0.4) is 0 Å². The normalized spacial score (nSPS) is 13.7. The quantitative estimate of drug-likeness (QED) is 0.391. The minimum absolute atomic E-state index is 0.000810. The molecule has 0 aliphatic carbocycles. The average molecular weight is 509 g/mol. The van der Waals surface area contributed by atoms with Crippen molar-refractivity contribution in [1.82, 2.24) is 4.90 Å². The summed E-state index contributed by atoms with van der Waals surface area (Å²) in [5.41, 5.74) is 5.76. The van der Waals surface area contributed by atoms with Gasteiger partial charge in [0.2, 0.25) is 0 Å². The molecule has 0 spiro atoms. The van der Waals surface area contributed by atoms with Crippen molar-refractivity contribution < 1.29 is 10.2 Å². The van der Waals surface area contributed by atoms with E-state index in [1.807, 2.05) is 6.21 Å². The first-order valence-corrected chi connectivity index (χ1v) is 13.6. The Morgan fingerprint density at radius 2 is 1.14 bits per heavy atom. The lowest BCUT2D eigenvalue weighted by Crippen LogP contribution is -2.23. The smallest absolute Gasteiger partial charge is 0.128 e. The van der Waals surface area contributed by atoms with Crippen molar-refractivity contribution in [2.45, 2.75) is 111 Å². The molecule has 2 rings (SSSR count). The molecule has 0 aliphatic heterocycles. The first-order chi connectivity index (χ1) is 16.6. The van der Waals surface area contributed by atoms with Crippen molar-refractivity contribution in [1.29, 1.82) is 0 Å². The Morgan fingerprint density at radius 3 is 1.59 bits per heavy atom. The topological polar surface area (TPSA) is 56.1 Å². The number of nitrogens with zero attached hydrogens (tertiary/aromatic N) is 2. The molecule has 2 aromatic rings. The van der Waals surface area contributed by atoms with Crippen LogP contribution in [0.1, 0.15) is 116 Å². The fourth-order valence-corrected chi connectivity index (χ4v) is 4.34. The van der Waals surface area contributed by atoms with Gasteiger partial charge in [-0.1, -0.05) is 101 Å². The van der Waals surface area contributed by atoms with Gasteiger partial charge in [-0.2, -0.15) is 0 Å². The highest BCUT2D eigenvalue weighted by molar-refractivity contribution is 5.85. The second-order valence-electron chi connectivity index (χ2n) is 14.8. The van der Waals surface area contributed by atoms with E-state index >= 15 is 0 Å². The molecule has 0 amide bonds. The van der Waals surface area contributed by atoms with Crippen molar-refractivity contribution in [3.63, 3.8) is 0 Å². The van der Waals surface area contributed by atoms with Crippen LogP contribution in [0.25, 0.3) is 0 Å². The Bertz CT molecular complexity index is 1120. The Labute approximate surface area is 226 Å². The zero-order chi connectivity index (χ0) is 28.6. The van der Waals surface area contributed by atoms with Gasteiger partial charge in [0.15, 0.2) is 0 Å². The van der Waals surface area contributed by atoms with Gasteiger partial charge in [0.25, 0.3) is 0 Å². The average Bonchev–Trinajstić information content (AvgIpc) is 2.70. The second-order valence-corrected chi connectivity index (χ2v) is 14.8. The van der Waals surface area contributed by atoms with Gasteiger partial charge in [0.05, 0.1) is 6.54 Å². The first kappa shape index (κ1) is 30.9. The molecule has 2 aromatic carbocycles. The monoisotopic (exact) mass is 508 g/mol. The van der Waals surface area contributed by atoms with E-state index in [4.69, 9.17) is 0 Å². The van der Waals surface area contributed by atoms with E-state index in [1.165, 1.54) is 11.1 Å². The molecule has 0 fully saturated rings. The number of phenols is 2. The summed E-state index contributed by atoms with van der Waals surface area (Å²) < 4.78 is 0. The highest BCUT2D eigenvalue weighted by Crippen LogP contribution is 2.39. The maximum atomic E-state index is 11.1. The molecule has 4 heteroatoms. The standard InChI is InChI=1S/C33H52N2O2/c1-30(2,3)24-16-22(28(36)26(18-24)32(7,8)9)20-34-14-15-35(13)21-23-17-25(31(4,5)6)19-27(29(23)37)33(10,11)12/h16-20,36-37H,14-15,21H2,1-13H3. The summed E-state index contributed by atoms with van der Waals surface area (Å²) in [6.07, 6.45) is 1.81. The number of rotatable bonds is 6. The summed E-state index contributed by atoms with van der Waals surface area (Å²) in [5.74, 6) is 0.714. The Balaban J connectivity index is 2.24. The van der Waals surface area contributed by atoms with E-state index < -0.39 is 0 Å². The fraction of sp³-hybridized carbons (Fsp3) is 0.606. The van der Waals surface area contributed by atoms with Crippen LogP contribution in [0.4, 0.5) is 0 Å². The summed E-state index contributed by atoms with van der Waals surface area (Å²) in [6.45, 7) is 28.0. The predicted octanol–water partition coefficient (Wildman–Crippen LogP) is 7.84. The number of benzene rings is 2. The van der Waals surface area contributed by atoms with E-state index in [0.717, 1.165) is 28.8 Å². The molecule has 2 N–H and O–H groups in total. The van der Waals surface area contributed by atoms with Crippen LogP contribution in [0.15, 0.2) is 29.3 Å². The van der Waals surface area contributed by atoms with Gasteiger partial charge < -0.3 is 15.1 Å². The largest absolute Gasteiger partial charge is 0.507 e. The van der Waals surface area contributed by atoms with E-state index in [-0.39, 0.29) is 21.7 Å². The molecule has 0 aromatic heterocycles. The van der Waals surface area contributed by atoms with Crippen LogP contribution >= 0.6 is 0 Å². The van der Waals surface area contributed by atoms with Gasteiger partial charge in [-0.05, 0) is 51.5 Å². The zero-order valence-electron chi connectivity index (χ0n) is 25.8. The lowest BCUT2D eigenvalue weighted by atomic mass is 9.79. The summed E-state index contributed by atoms with van der Waals surface area (Å²) in [7, 11) is 2.06. The lowest BCUT2D eigenvalue weighted by Gasteiger charge is -2.28. The third-order valence-electron chi connectivity index (χ3n) is 6.96. The number of phenolic OH excluding ortho intramolecular Hbond substituents is 2. The van der Waals surface area contributed by atoms with Crippen molar-refractivity contribution in [2.24, 2.45) is 4.99 Å². The summed E-state index contributed by atoms with van der Waals surface area (Å²) in [4.78, 5) is 6.87. The Hall–Kier alpha value is -2.33. The number of hydrogen-bond donors (Lipinski definition) is 2. The molecule has 0 atom stereocenters. The van der Waals surface area contributed by atoms with Crippen LogP contribution in [0, 0.1) is 0 Å². The minimum atomic E-state index is -0.163. The molecule has 4 nitrogen and oxygen atoms in total. The second kappa shape index (κ2) is 10.8. The molecular weight excluding hydrogens is 456 g/mol. The van der Waals surface area contributed by atoms with Crippen LogP contribution in [-0.4, -0.2) is 41.5 Å². The predicted molar refractivity (Wildman–Crippen MR) is 160 cm³/mol. The van der Waals surface area contributed by atoms with Crippen LogP contribution in [0.5, 0.6) is 11.5 Å². The molecule has 0 heterocycles. The molecule has 0 radical (unpaired) electrons. The number of likely N-dealkylation sites (N-methyl/N-ethyl adjacent to an activating group) is 1. The highest BCUT2D eigenvalue weighted by atomic mass is 16.3. The van der Waals surface area contributed by atoms with E-state index in [0.29, 0.717) is 24.6 Å². The molecular formula is C33H52N2O2. The Kier molecular flexibility index (Phi) is 9.02. The van der Waals surface area contributed by atoms with Gasteiger partial charge in [-0.25, -0.2) is 0 Å². The summed E-state index contributed by atoms with van der Waals surface area (Å²) in [5, 5.41) is 22.1. The highest BCUT2D eigenvalue weighted by Gasteiger charge is 2.26. The van der Waals surface area contributed by atoms with E-state index in [9.17, 15) is 10.2 Å². The molecule has 37 heavy (non-hydrogen) atoms. The van der Waals surface area contributed by atoms with Gasteiger partial charge in [-0.15, -0.1) is 0 Å². The molecule has 0 saturated heterocycles. The molecule has 0 aliphatic rings. The molecule has 0 unspecified atom stereocenters. The van der Waals surface area contributed by atoms with Crippen molar-refractivity contribution in [3.05, 3.63) is 57.6 Å². The van der Waals surface area contributed by atoms with Crippen LogP contribution < -0.4 is 0 Å². The van der Waals surface area contributed by atoms with Crippen LogP contribution in [-0.2, 0) is 28.2 Å². The van der Waals surface area contributed by atoms with Crippen molar-refractivity contribution in [3.8, 4) is 11.5 Å². The van der Waals surface area contributed by atoms with Gasteiger partial charge in [0, 0.05) is 36.0 Å². The Morgan fingerprint density at radius 1 is 0.676 bits per heavy atom. The van der Waals surface area contributed by atoms with Gasteiger partial charge >= 0.3 is 0 Å². The summed E-state index contributed by atoms with van der Waals surface area (Å²) >= 11 is 0. The van der Waals surface area contributed by atoms with Crippen molar-refractivity contribution in [2.75, 3.05) is 20.1 Å².